The van der Waals surface area contributed by atoms with Gasteiger partial charge in [0, 0.05) is 17.1 Å². The molecular weight excluding hydrogens is 253 g/mol. The van der Waals surface area contributed by atoms with Crippen LogP contribution in [0.15, 0.2) is 27.7 Å². The Hall–Kier alpha value is -0.580. The first-order valence-electron chi connectivity index (χ1n) is 3.58. The maximum atomic E-state index is 5.83. The van der Waals surface area contributed by atoms with Gasteiger partial charge in [-0.1, -0.05) is 11.6 Å². The van der Waals surface area contributed by atoms with Crippen LogP contribution in [0, 0.1) is 0 Å². The fraction of sp³-hybridized carbons (Fsp3) is 0.125. The van der Waals surface area contributed by atoms with Gasteiger partial charge in [-0.15, -0.1) is 0 Å². The molecule has 1 aromatic carbocycles. The Labute approximate surface area is 90.1 Å². The third kappa shape index (κ3) is 2.43. The lowest BCUT2D eigenvalue weighted by molar-refractivity contribution is 1.02. The Kier molecular flexibility index (Phi) is 3.71. The third-order valence-electron chi connectivity index (χ3n) is 1.55. The minimum Gasteiger partial charge on any atom is -0.308 e. The van der Waals surface area contributed by atoms with Gasteiger partial charge in [-0.25, -0.2) is 5.84 Å². The van der Waals surface area contributed by atoms with Crippen LogP contribution in [0.2, 0.25) is 5.02 Å². The van der Waals surface area contributed by atoms with Crippen molar-refractivity contribution in [1.82, 2.24) is 5.43 Å². The van der Waals surface area contributed by atoms with Crippen molar-refractivity contribution in [3.8, 4) is 0 Å². The van der Waals surface area contributed by atoms with E-state index in [4.69, 9.17) is 17.4 Å². The lowest BCUT2D eigenvalue weighted by atomic mass is 10.2. The minimum absolute atomic E-state index is 0.623. The highest BCUT2D eigenvalue weighted by Crippen LogP contribution is 2.23. The monoisotopic (exact) mass is 261 g/mol. The smallest absolute Gasteiger partial charge is 0.142 e. The average Bonchev–Trinajstić information content (AvgIpc) is 2.13. The molecule has 0 radical (unpaired) electrons. The lowest BCUT2D eigenvalue weighted by Crippen LogP contribution is -2.30. The van der Waals surface area contributed by atoms with Gasteiger partial charge in [0.25, 0.3) is 0 Å². The first-order valence-corrected chi connectivity index (χ1v) is 4.75. The summed E-state index contributed by atoms with van der Waals surface area (Å²) in [6.45, 7) is 0. The van der Waals surface area contributed by atoms with Crippen LogP contribution in [0.3, 0.4) is 0 Å². The molecular formula is C8H9BrClN3. The maximum absolute atomic E-state index is 5.83. The molecule has 3 N–H and O–H groups in total. The summed E-state index contributed by atoms with van der Waals surface area (Å²) in [5, 5.41) is 0.663. The Morgan fingerprint density at radius 3 is 2.77 bits per heavy atom. The zero-order chi connectivity index (χ0) is 9.84. The first kappa shape index (κ1) is 10.5. The molecule has 70 valence electrons. The van der Waals surface area contributed by atoms with Crippen molar-refractivity contribution in [3.63, 3.8) is 0 Å². The van der Waals surface area contributed by atoms with Gasteiger partial charge >= 0.3 is 0 Å². The van der Waals surface area contributed by atoms with Gasteiger partial charge in [-0.2, -0.15) is 0 Å². The Morgan fingerprint density at radius 2 is 2.31 bits per heavy atom. The van der Waals surface area contributed by atoms with Gasteiger partial charge in [-0.05, 0) is 34.1 Å². The van der Waals surface area contributed by atoms with E-state index in [0.29, 0.717) is 10.9 Å². The number of aliphatic imine (C=N–C) groups is 1. The van der Waals surface area contributed by atoms with Crippen LogP contribution in [0.4, 0.5) is 0 Å². The third-order valence-corrected chi connectivity index (χ3v) is 2.77. The largest absolute Gasteiger partial charge is 0.308 e. The van der Waals surface area contributed by atoms with E-state index in [1.807, 2.05) is 12.1 Å². The molecule has 0 amide bonds. The van der Waals surface area contributed by atoms with E-state index < -0.39 is 0 Å². The molecule has 0 atom stereocenters. The predicted molar refractivity (Wildman–Crippen MR) is 58.9 cm³/mol. The second-order valence-electron chi connectivity index (χ2n) is 2.35. The molecule has 0 aliphatic rings. The van der Waals surface area contributed by atoms with E-state index in [1.54, 1.807) is 13.1 Å². The standard InChI is InChI=1S/C8H9BrClN3/c1-12-8(13-11)5-2-3-7(10)6(9)4-5/h2-4H,11H2,1H3,(H,12,13). The molecule has 0 unspecified atom stereocenters. The number of hydrazine groups is 1. The highest BCUT2D eigenvalue weighted by molar-refractivity contribution is 9.10. The summed E-state index contributed by atoms with van der Waals surface area (Å²) in [5.41, 5.74) is 3.39. The molecule has 0 aliphatic carbocycles. The van der Waals surface area contributed by atoms with Crippen molar-refractivity contribution >= 4 is 33.4 Å². The van der Waals surface area contributed by atoms with Crippen molar-refractivity contribution in [2.24, 2.45) is 10.8 Å². The van der Waals surface area contributed by atoms with E-state index in [1.165, 1.54) is 0 Å². The number of hydrogen-bond acceptors (Lipinski definition) is 2. The zero-order valence-electron chi connectivity index (χ0n) is 7.01. The second kappa shape index (κ2) is 4.60. The highest BCUT2D eigenvalue weighted by Gasteiger charge is 2.03. The SMILES string of the molecule is CN=C(NN)c1ccc(Cl)c(Br)c1. The molecule has 0 saturated carbocycles. The number of benzene rings is 1. The summed E-state index contributed by atoms with van der Waals surface area (Å²) in [7, 11) is 1.66. The van der Waals surface area contributed by atoms with E-state index in [2.05, 4.69) is 26.3 Å². The second-order valence-corrected chi connectivity index (χ2v) is 3.61. The minimum atomic E-state index is 0.623. The van der Waals surface area contributed by atoms with Crippen molar-refractivity contribution in [1.29, 1.82) is 0 Å². The Bertz CT molecular complexity index is 338. The van der Waals surface area contributed by atoms with Crippen LogP contribution in [0.5, 0.6) is 0 Å². The molecule has 13 heavy (non-hydrogen) atoms. The van der Waals surface area contributed by atoms with Crippen molar-refractivity contribution in [3.05, 3.63) is 33.3 Å². The van der Waals surface area contributed by atoms with Gasteiger partial charge in [0.2, 0.25) is 0 Å². The normalized spacial score (nSPS) is 11.5. The summed E-state index contributed by atoms with van der Waals surface area (Å²) < 4.78 is 0.822. The molecule has 3 nitrogen and oxygen atoms in total. The number of amidine groups is 1. The molecule has 1 aromatic rings. The average molecular weight is 263 g/mol. The number of nitrogens with zero attached hydrogens (tertiary/aromatic N) is 1. The summed E-state index contributed by atoms with van der Waals surface area (Å²) in [4.78, 5) is 3.96. The zero-order valence-corrected chi connectivity index (χ0v) is 9.35. The van der Waals surface area contributed by atoms with Gasteiger partial charge in [0.05, 0.1) is 5.02 Å². The Morgan fingerprint density at radius 1 is 1.62 bits per heavy atom. The molecule has 1 rings (SSSR count). The predicted octanol–water partition coefficient (Wildman–Crippen LogP) is 1.94. The van der Waals surface area contributed by atoms with Crippen LogP contribution in [0.1, 0.15) is 5.56 Å². The maximum Gasteiger partial charge on any atom is 0.142 e. The molecule has 0 aliphatic heterocycles. The van der Waals surface area contributed by atoms with Gasteiger partial charge in [-0.3, -0.25) is 4.99 Å². The van der Waals surface area contributed by atoms with Crippen LogP contribution < -0.4 is 11.3 Å². The van der Waals surface area contributed by atoms with E-state index >= 15 is 0 Å². The summed E-state index contributed by atoms with van der Waals surface area (Å²) in [6, 6.07) is 5.48. The number of halogens is 2. The molecule has 5 heteroatoms. The van der Waals surface area contributed by atoms with Gasteiger partial charge in [0.15, 0.2) is 0 Å². The fourth-order valence-electron chi connectivity index (χ4n) is 0.920. The summed E-state index contributed by atoms with van der Waals surface area (Å²) >= 11 is 9.15. The summed E-state index contributed by atoms with van der Waals surface area (Å²) in [5.74, 6) is 5.90. The summed E-state index contributed by atoms with van der Waals surface area (Å²) in [6.07, 6.45) is 0. The van der Waals surface area contributed by atoms with Crippen LogP contribution in [-0.2, 0) is 0 Å². The van der Waals surface area contributed by atoms with E-state index in [9.17, 15) is 0 Å². The van der Waals surface area contributed by atoms with Gasteiger partial charge < -0.3 is 5.43 Å². The number of nitrogens with one attached hydrogen (secondary N) is 1. The number of hydrogen-bond donors (Lipinski definition) is 2. The molecule has 0 saturated heterocycles. The molecule has 0 heterocycles. The van der Waals surface area contributed by atoms with E-state index in [-0.39, 0.29) is 0 Å². The Balaban J connectivity index is 3.10. The topological polar surface area (TPSA) is 50.4 Å². The van der Waals surface area contributed by atoms with Crippen molar-refractivity contribution in [2.75, 3.05) is 7.05 Å². The quantitative estimate of drug-likeness (QED) is 0.352. The fourth-order valence-corrected chi connectivity index (χ4v) is 1.42. The van der Waals surface area contributed by atoms with Crippen LogP contribution >= 0.6 is 27.5 Å². The molecule has 0 bridgehead atoms. The van der Waals surface area contributed by atoms with E-state index in [0.717, 1.165) is 10.0 Å². The van der Waals surface area contributed by atoms with Crippen molar-refractivity contribution in [2.45, 2.75) is 0 Å². The van der Waals surface area contributed by atoms with Gasteiger partial charge in [0.1, 0.15) is 5.84 Å². The molecule has 0 fully saturated rings. The van der Waals surface area contributed by atoms with Crippen molar-refractivity contribution < 1.29 is 0 Å². The lowest BCUT2D eigenvalue weighted by Gasteiger charge is -2.05. The number of nitrogens with two attached hydrogens (primary N) is 1. The van der Waals surface area contributed by atoms with Crippen LogP contribution in [-0.4, -0.2) is 12.9 Å². The molecule has 0 spiro atoms. The van der Waals surface area contributed by atoms with Crippen LogP contribution in [0.25, 0.3) is 0 Å². The molecule has 0 aromatic heterocycles. The number of rotatable bonds is 1. The first-order chi connectivity index (χ1) is 6.19. The highest BCUT2D eigenvalue weighted by atomic mass is 79.9.